The largest absolute Gasteiger partial charge is 0.495 e. The van der Waals surface area contributed by atoms with Gasteiger partial charge in [-0.25, -0.2) is 9.96 Å². The van der Waals surface area contributed by atoms with Crippen molar-refractivity contribution in [2.24, 2.45) is 5.92 Å². The van der Waals surface area contributed by atoms with Gasteiger partial charge >= 0.3 is 0 Å². The van der Waals surface area contributed by atoms with E-state index in [1.165, 1.54) is 36.4 Å². The van der Waals surface area contributed by atoms with E-state index in [1.807, 2.05) is 0 Å². The molecule has 2 fully saturated rings. The molecule has 3 atom stereocenters. The fourth-order valence-electron chi connectivity index (χ4n) is 4.49. The Morgan fingerprint density at radius 2 is 1.77 bits per heavy atom. The summed E-state index contributed by atoms with van der Waals surface area (Å²) in [6.07, 6.45) is -1.18. The molecule has 2 heterocycles. The van der Waals surface area contributed by atoms with E-state index in [-0.39, 0.29) is 10.7 Å². The van der Waals surface area contributed by atoms with Crippen LogP contribution in [0.1, 0.15) is 11.6 Å². The van der Waals surface area contributed by atoms with Gasteiger partial charge in [0.15, 0.2) is 6.10 Å². The number of anilines is 2. The number of ether oxygens (including phenoxy) is 1. The maximum atomic E-state index is 13.7. The molecule has 0 unspecified atom stereocenters. The summed E-state index contributed by atoms with van der Waals surface area (Å²) in [4.78, 5) is 45.1. The number of nitro groups is 1. The number of para-hydroxylation sites is 2. The Hall–Kier alpha value is -3.66. The maximum Gasteiger partial charge on any atom is 0.271 e. The lowest BCUT2D eigenvalue weighted by atomic mass is 9.90. The number of carbonyl (C=O) groups excluding carboxylic acids is 2. The average molecular weight is 514 g/mol. The number of benzene rings is 3. The van der Waals surface area contributed by atoms with Crippen LogP contribution in [-0.4, -0.2) is 30.0 Å². The molecule has 2 aliphatic heterocycles. The Morgan fingerprint density at radius 3 is 2.49 bits per heavy atom. The van der Waals surface area contributed by atoms with Crippen LogP contribution in [0.15, 0.2) is 66.7 Å². The standard InChI is InChI=1S/C24H17Cl2N3O6/c1-34-19-8-3-2-7-18(19)27-23(30)20-21(16-10-9-13(25)11-17(16)26)28(35-22(20)24(27)31)14-5-4-6-15(12-14)29(32)33/h2-12,20-22H,1H3/t20-,21+,22-/m1/s1. The molecule has 2 amide bonds. The molecule has 35 heavy (non-hydrogen) atoms. The van der Waals surface area contributed by atoms with E-state index in [0.717, 1.165) is 4.90 Å². The molecule has 5 rings (SSSR count). The van der Waals surface area contributed by atoms with Crippen LogP contribution in [0.5, 0.6) is 5.75 Å². The zero-order valence-electron chi connectivity index (χ0n) is 18.1. The van der Waals surface area contributed by atoms with E-state index in [1.54, 1.807) is 42.5 Å². The normalized spacial score (nSPS) is 21.4. The maximum absolute atomic E-state index is 13.7. The van der Waals surface area contributed by atoms with Gasteiger partial charge in [-0.15, -0.1) is 0 Å². The van der Waals surface area contributed by atoms with Crippen LogP contribution in [0.25, 0.3) is 0 Å². The van der Waals surface area contributed by atoms with Crippen LogP contribution in [0.4, 0.5) is 17.1 Å². The van der Waals surface area contributed by atoms with E-state index in [0.29, 0.717) is 27.7 Å². The molecular weight excluding hydrogens is 497 g/mol. The molecule has 2 aliphatic rings. The van der Waals surface area contributed by atoms with Crippen molar-refractivity contribution in [2.75, 3.05) is 17.1 Å². The third-order valence-corrected chi connectivity index (χ3v) is 6.58. The molecule has 0 aliphatic carbocycles. The summed E-state index contributed by atoms with van der Waals surface area (Å²) in [6.45, 7) is 0. The Morgan fingerprint density at radius 1 is 1.00 bits per heavy atom. The molecule has 0 radical (unpaired) electrons. The van der Waals surface area contributed by atoms with Crippen LogP contribution in [0.3, 0.4) is 0 Å². The highest BCUT2D eigenvalue weighted by molar-refractivity contribution is 6.35. The fourth-order valence-corrected chi connectivity index (χ4v) is 5.01. The molecule has 0 aromatic heterocycles. The number of nitro benzene ring substituents is 1. The van der Waals surface area contributed by atoms with E-state index in [2.05, 4.69) is 0 Å². The zero-order chi connectivity index (χ0) is 24.9. The summed E-state index contributed by atoms with van der Waals surface area (Å²) < 4.78 is 5.35. The van der Waals surface area contributed by atoms with Crippen molar-refractivity contribution >= 4 is 52.1 Å². The smallest absolute Gasteiger partial charge is 0.271 e. The van der Waals surface area contributed by atoms with E-state index in [9.17, 15) is 19.7 Å². The highest BCUT2D eigenvalue weighted by Gasteiger charge is 2.61. The summed E-state index contributed by atoms with van der Waals surface area (Å²) in [5.74, 6) is -1.71. The topological polar surface area (TPSA) is 102 Å². The predicted molar refractivity (Wildman–Crippen MR) is 129 cm³/mol. The quantitative estimate of drug-likeness (QED) is 0.269. The SMILES string of the molecule is COc1ccccc1N1C(=O)[C@H]2[C@@H](ON(c3cccc([N+](=O)[O-])c3)[C@H]2c2ccc(Cl)cc2Cl)C1=O. The van der Waals surface area contributed by atoms with Gasteiger partial charge < -0.3 is 4.74 Å². The van der Waals surface area contributed by atoms with Crippen molar-refractivity contribution in [2.45, 2.75) is 12.1 Å². The van der Waals surface area contributed by atoms with Crippen molar-refractivity contribution in [1.29, 1.82) is 0 Å². The van der Waals surface area contributed by atoms with Gasteiger partial charge in [-0.2, -0.15) is 0 Å². The van der Waals surface area contributed by atoms with Crippen LogP contribution in [0.2, 0.25) is 10.0 Å². The number of hydroxylamine groups is 1. The summed E-state index contributed by atoms with van der Waals surface area (Å²) in [5, 5.41) is 13.3. The van der Waals surface area contributed by atoms with Crippen LogP contribution in [-0.2, 0) is 14.4 Å². The Bertz CT molecular complexity index is 1370. The first-order chi connectivity index (χ1) is 16.8. The first-order valence-corrected chi connectivity index (χ1v) is 11.2. The second kappa shape index (κ2) is 8.84. The van der Waals surface area contributed by atoms with Crippen molar-refractivity contribution in [3.63, 3.8) is 0 Å². The van der Waals surface area contributed by atoms with Gasteiger partial charge in [0.05, 0.1) is 29.4 Å². The molecule has 9 nitrogen and oxygen atoms in total. The second-order valence-electron chi connectivity index (χ2n) is 7.95. The number of amides is 2. The van der Waals surface area contributed by atoms with Crippen molar-refractivity contribution in [1.82, 2.24) is 0 Å². The molecule has 2 saturated heterocycles. The number of hydrogen-bond donors (Lipinski definition) is 0. The van der Waals surface area contributed by atoms with Crippen LogP contribution >= 0.6 is 23.2 Å². The minimum Gasteiger partial charge on any atom is -0.495 e. The third-order valence-electron chi connectivity index (χ3n) is 6.02. The van der Waals surface area contributed by atoms with Gasteiger partial charge in [-0.1, -0.05) is 47.5 Å². The van der Waals surface area contributed by atoms with E-state index >= 15 is 0 Å². The monoisotopic (exact) mass is 513 g/mol. The number of methoxy groups -OCH3 is 1. The van der Waals surface area contributed by atoms with Gasteiger partial charge in [0.2, 0.25) is 5.91 Å². The number of imide groups is 1. The molecular formula is C24H17Cl2N3O6. The van der Waals surface area contributed by atoms with Gasteiger partial charge in [-0.3, -0.25) is 24.5 Å². The molecule has 3 aromatic rings. The predicted octanol–water partition coefficient (Wildman–Crippen LogP) is 4.96. The molecule has 0 N–H and O–H groups in total. The molecule has 11 heteroatoms. The number of rotatable bonds is 5. The van der Waals surface area contributed by atoms with E-state index < -0.39 is 34.8 Å². The lowest BCUT2D eigenvalue weighted by Crippen LogP contribution is -2.37. The van der Waals surface area contributed by atoms with E-state index in [4.69, 9.17) is 32.8 Å². The minimum atomic E-state index is -1.18. The second-order valence-corrected chi connectivity index (χ2v) is 8.79. The van der Waals surface area contributed by atoms with Crippen LogP contribution < -0.4 is 14.7 Å². The van der Waals surface area contributed by atoms with Crippen molar-refractivity contribution in [3.05, 3.63) is 92.5 Å². The van der Waals surface area contributed by atoms with Crippen LogP contribution in [0, 0.1) is 16.0 Å². The fraction of sp³-hybridized carbons (Fsp3) is 0.167. The summed E-state index contributed by atoms with van der Waals surface area (Å²) in [6, 6.07) is 16.3. The molecule has 3 aromatic carbocycles. The molecule has 0 spiro atoms. The zero-order valence-corrected chi connectivity index (χ0v) is 19.6. The first kappa shape index (κ1) is 23.1. The minimum absolute atomic E-state index is 0.169. The Kier molecular flexibility index (Phi) is 5.84. The van der Waals surface area contributed by atoms with Crippen molar-refractivity contribution in [3.8, 4) is 5.75 Å². The van der Waals surface area contributed by atoms with Gasteiger partial charge in [-0.05, 0) is 35.9 Å². The van der Waals surface area contributed by atoms with Gasteiger partial charge in [0.25, 0.3) is 11.6 Å². The van der Waals surface area contributed by atoms with Gasteiger partial charge in [0, 0.05) is 22.2 Å². The lowest BCUT2D eigenvalue weighted by Gasteiger charge is -2.29. The number of fused-ring (bicyclic) bond motifs is 1. The number of carbonyl (C=O) groups is 2. The third kappa shape index (κ3) is 3.78. The number of nitrogens with zero attached hydrogens (tertiary/aromatic N) is 3. The van der Waals surface area contributed by atoms with Gasteiger partial charge in [0.1, 0.15) is 11.7 Å². The summed E-state index contributed by atoms with van der Waals surface area (Å²) in [5.41, 5.74) is 0.912. The lowest BCUT2D eigenvalue weighted by molar-refractivity contribution is -0.384. The van der Waals surface area contributed by atoms with Crippen molar-refractivity contribution < 1.29 is 24.1 Å². The molecule has 0 saturated carbocycles. The highest BCUT2D eigenvalue weighted by Crippen LogP contribution is 2.50. The molecule has 178 valence electrons. The summed E-state index contributed by atoms with van der Waals surface area (Å²) in [7, 11) is 1.45. The Labute approximate surface area is 209 Å². The number of hydrogen-bond acceptors (Lipinski definition) is 7. The highest BCUT2D eigenvalue weighted by atomic mass is 35.5. The average Bonchev–Trinajstić information content (AvgIpc) is 3.35. The summed E-state index contributed by atoms with van der Waals surface area (Å²) >= 11 is 12.6. The number of halogens is 2. The molecule has 0 bridgehead atoms. The number of non-ortho nitro benzene ring substituents is 1. The first-order valence-electron chi connectivity index (χ1n) is 10.5. The Balaban J connectivity index is 1.63.